The fourth-order valence-electron chi connectivity index (χ4n) is 2.78. The molecule has 0 amide bonds. The summed E-state index contributed by atoms with van der Waals surface area (Å²) in [4.78, 5) is 8.81. The van der Waals surface area contributed by atoms with Crippen molar-refractivity contribution in [3.8, 4) is 5.75 Å². The Balaban J connectivity index is 1.78. The molecule has 3 rings (SSSR count). The monoisotopic (exact) mass is 362 g/mol. The number of aryl methyl sites for hydroxylation is 1. The first-order valence-corrected chi connectivity index (χ1v) is 10.1. The highest BCUT2D eigenvalue weighted by molar-refractivity contribution is 7.91. The molecule has 2 heterocycles. The number of sulfone groups is 1. The standard InChI is InChI=1S/C17H22N4O3S/c1-3-24-15-7-5-4-6-14(15)20-16-10-12(2)18-17(21-16)19-13-8-9-25(22,23)11-13/h4-7,10,13H,3,8-9,11H2,1-2H3,(H2,18,19,20,21). The molecule has 1 aromatic carbocycles. The zero-order valence-corrected chi connectivity index (χ0v) is 15.1. The van der Waals surface area contributed by atoms with Crippen LogP contribution in [0.3, 0.4) is 0 Å². The minimum atomic E-state index is -2.95. The lowest BCUT2D eigenvalue weighted by atomic mass is 10.2. The second-order valence-electron chi connectivity index (χ2n) is 6.02. The number of rotatable bonds is 6. The van der Waals surface area contributed by atoms with E-state index in [-0.39, 0.29) is 17.5 Å². The van der Waals surface area contributed by atoms with Crippen LogP contribution in [0.1, 0.15) is 19.0 Å². The molecular weight excluding hydrogens is 340 g/mol. The maximum atomic E-state index is 11.6. The van der Waals surface area contributed by atoms with E-state index in [4.69, 9.17) is 4.74 Å². The molecule has 134 valence electrons. The molecule has 1 atom stereocenters. The third kappa shape index (κ3) is 4.60. The van der Waals surface area contributed by atoms with E-state index in [1.54, 1.807) is 0 Å². The molecule has 1 aliphatic rings. The summed E-state index contributed by atoms with van der Waals surface area (Å²) in [6.07, 6.45) is 0.579. The summed E-state index contributed by atoms with van der Waals surface area (Å²) in [5, 5.41) is 6.38. The van der Waals surface area contributed by atoms with Crippen LogP contribution in [0.25, 0.3) is 0 Å². The van der Waals surface area contributed by atoms with E-state index >= 15 is 0 Å². The number of para-hydroxylation sites is 2. The van der Waals surface area contributed by atoms with Crippen LogP contribution in [0.2, 0.25) is 0 Å². The van der Waals surface area contributed by atoms with Gasteiger partial charge in [0.05, 0.1) is 23.8 Å². The number of nitrogens with zero attached hydrogens (tertiary/aromatic N) is 2. The molecule has 1 fully saturated rings. The molecule has 0 aliphatic carbocycles. The van der Waals surface area contributed by atoms with Crippen molar-refractivity contribution in [2.45, 2.75) is 26.3 Å². The lowest BCUT2D eigenvalue weighted by molar-refractivity contribution is 0.342. The first-order valence-electron chi connectivity index (χ1n) is 8.26. The van der Waals surface area contributed by atoms with E-state index in [9.17, 15) is 8.42 Å². The normalized spacial score (nSPS) is 18.7. The van der Waals surface area contributed by atoms with Crippen LogP contribution in [0.15, 0.2) is 30.3 Å². The molecule has 1 unspecified atom stereocenters. The topological polar surface area (TPSA) is 93.2 Å². The Labute approximate surface area is 147 Å². The molecule has 8 heteroatoms. The lowest BCUT2D eigenvalue weighted by Gasteiger charge is -2.15. The van der Waals surface area contributed by atoms with Crippen LogP contribution >= 0.6 is 0 Å². The highest BCUT2D eigenvalue weighted by Crippen LogP contribution is 2.27. The fourth-order valence-corrected chi connectivity index (χ4v) is 4.45. The van der Waals surface area contributed by atoms with Gasteiger partial charge in [0.1, 0.15) is 11.6 Å². The number of benzene rings is 1. The number of hydrogen-bond acceptors (Lipinski definition) is 7. The maximum absolute atomic E-state index is 11.6. The second kappa shape index (κ2) is 7.26. The van der Waals surface area contributed by atoms with Gasteiger partial charge in [0.15, 0.2) is 9.84 Å². The number of nitrogens with one attached hydrogen (secondary N) is 2. The van der Waals surface area contributed by atoms with Crippen LogP contribution in [-0.4, -0.2) is 42.5 Å². The van der Waals surface area contributed by atoms with Gasteiger partial charge in [-0.15, -0.1) is 0 Å². The summed E-state index contributed by atoms with van der Waals surface area (Å²) >= 11 is 0. The zero-order valence-electron chi connectivity index (χ0n) is 14.3. The van der Waals surface area contributed by atoms with Crippen molar-refractivity contribution >= 4 is 27.3 Å². The molecule has 0 saturated carbocycles. The van der Waals surface area contributed by atoms with Gasteiger partial charge in [-0.3, -0.25) is 0 Å². The van der Waals surface area contributed by atoms with Crippen LogP contribution in [-0.2, 0) is 9.84 Å². The second-order valence-corrected chi connectivity index (χ2v) is 8.25. The van der Waals surface area contributed by atoms with Gasteiger partial charge in [-0.25, -0.2) is 13.4 Å². The van der Waals surface area contributed by atoms with Gasteiger partial charge in [0.2, 0.25) is 5.95 Å². The van der Waals surface area contributed by atoms with E-state index in [1.165, 1.54) is 0 Å². The van der Waals surface area contributed by atoms with Crippen molar-refractivity contribution < 1.29 is 13.2 Å². The minimum Gasteiger partial charge on any atom is -0.492 e. The van der Waals surface area contributed by atoms with E-state index in [2.05, 4.69) is 20.6 Å². The van der Waals surface area contributed by atoms with Crippen molar-refractivity contribution in [2.75, 3.05) is 28.7 Å². The third-order valence-electron chi connectivity index (χ3n) is 3.87. The number of ether oxygens (including phenoxy) is 1. The van der Waals surface area contributed by atoms with Crippen LogP contribution < -0.4 is 15.4 Å². The van der Waals surface area contributed by atoms with Crippen molar-refractivity contribution in [3.05, 3.63) is 36.0 Å². The average Bonchev–Trinajstić information content (AvgIpc) is 2.87. The van der Waals surface area contributed by atoms with E-state index in [1.807, 2.05) is 44.2 Å². The van der Waals surface area contributed by atoms with Gasteiger partial charge in [0.25, 0.3) is 0 Å². The predicted molar refractivity (Wildman–Crippen MR) is 98.3 cm³/mol. The largest absolute Gasteiger partial charge is 0.492 e. The van der Waals surface area contributed by atoms with E-state index < -0.39 is 9.84 Å². The summed E-state index contributed by atoms with van der Waals surface area (Å²) in [7, 11) is -2.95. The predicted octanol–water partition coefficient (Wildman–Crippen LogP) is 2.53. The number of hydrogen-bond donors (Lipinski definition) is 2. The van der Waals surface area contributed by atoms with Crippen LogP contribution in [0.5, 0.6) is 5.75 Å². The fraction of sp³-hybridized carbons (Fsp3) is 0.412. The molecule has 0 bridgehead atoms. The SMILES string of the molecule is CCOc1ccccc1Nc1cc(C)nc(NC2CCS(=O)(=O)C2)n1. The highest BCUT2D eigenvalue weighted by atomic mass is 32.2. The number of aromatic nitrogens is 2. The molecular formula is C17H22N4O3S. The molecule has 0 spiro atoms. The molecule has 2 aromatic rings. The Morgan fingerprint density at radius 1 is 1.28 bits per heavy atom. The van der Waals surface area contributed by atoms with Crippen LogP contribution in [0.4, 0.5) is 17.5 Å². The van der Waals surface area contributed by atoms with E-state index in [0.717, 1.165) is 17.1 Å². The van der Waals surface area contributed by atoms with Crippen LogP contribution in [0, 0.1) is 6.92 Å². The van der Waals surface area contributed by atoms with Gasteiger partial charge in [-0.2, -0.15) is 4.98 Å². The van der Waals surface area contributed by atoms with Gasteiger partial charge >= 0.3 is 0 Å². The summed E-state index contributed by atoms with van der Waals surface area (Å²) in [5.41, 5.74) is 1.60. The van der Waals surface area contributed by atoms with Gasteiger partial charge < -0.3 is 15.4 Å². The van der Waals surface area contributed by atoms with Gasteiger partial charge in [0, 0.05) is 17.8 Å². The molecule has 1 aliphatic heterocycles. The van der Waals surface area contributed by atoms with Crippen molar-refractivity contribution in [1.82, 2.24) is 9.97 Å². The molecule has 1 saturated heterocycles. The smallest absolute Gasteiger partial charge is 0.225 e. The maximum Gasteiger partial charge on any atom is 0.225 e. The quantitative estimate of drug-likeness (QED) is 0.815. The molecule has 0 radical (unpaired) electrons. The highest BCUT2D eigenvalue weighted by Gasteiger charge is 2.28. The Bertz CT molecular complexity index is 855. The van der Waals surface area contributed by atoms with Gasteiger partial charge in [-0.1, -0.05) is 12.1 Å². The van der Waals surface area contributed by atoms with E-state index in [0.29, 0.717) is 24.8 Å². The summed E-state index contributed by atoms with van der Waals surface area (Å²) < 4.78 is 28.8. The minimum absolute atomic E-state index is 0.125. The number of anilines is 3. The Morgan fingerprint density at radius 2 is 2.08 bits per heavy atom. The van der Waals surface area contributed by atoms with Crippen molar-refractivity contribution in [2.24, 2.45) is 0 Å². The summed E-state index contributed by atoms with van der Waals surface area (Å²) in [6, 6.07) is 9.33. The Morgan fingerprint density at radius 3 is 2.80 bits per heavy atom. The van der Waals surface area contributed by atoms with Gasteiger partial charge in [-0.05, 0) is 32.4 Å². The third-order valence-corrected chi connectivity index (χ3v) is 5.64. The molecule has 25 heavy (non-hydrogen) atoms. The average molecular weight is 362 g/mol. The van der Waals surface area contributed by atoms with Crippen molar-refractivity contribution in [1.29, 1.82) is 0 Å². The molecule has 1 aromatic heterocycles. The molecule has 7 nitrogen and oxygen atoms in total. The first-order chi connectivity index (χ1) is 11.9. The Hall–Kier alpha value is -2.35. The lowest BCUT2D eigenvalue weighted by Crippen LogP contribution is -2.22. The first kappa shape index (κ1) is 17.5. The van der Waals surface area contributed by atoms with Crippen molar-refractivity contribution in [3.63, 3.8) is 0 Å². The summed E-state index contributed by atoms with van der Waals surface area (Å²) in [6.45, 7) is 4.38. The Kier molecular flexibility index (Phi) is 5.08. The summed E-state index contributed by atoms with van der Waals surface area (Å²) in [5.74, 6) is 2.14. The molecule has 2 N–H and O–H groups in total. The zero-order chi connectivity index (χ0) is 17.9.